The van der Waals surface area contributed by atoms with Crippen molar-refractivity contribution in [1.82, 2.24) is 0 Å². The topological polar surface area (TPSA) is 17.1 Å². The molecule has 176 valence electrons. The van der Waals surface area contributed by atoms with Crippen LogP contribution in [-0.2, 0) is 21.3 Å². The molecule has 4 heteroatoms. The van der Waals surface area contributed by atoms with Crippen molar-refractivity contribution in [2.75, 3.05) is 0 Å². The van der Waals surface area contributed by atoms with Crippen LogP contribution in [0.4, 0.5) is 0 Å². The van der Waals surface area contributed by atoms with Gasteiger partial charge >= 0.3 is 0 Å². The number of benzene rings is 1. The van der Waals surface area contributed by atoms with Gasteiger partial charge in [0, 0.05) is 30.0 Å². The fraction of sp³-hybridized carbons (Fsp3) is 0.692. The van der Waals surface area contributed by atoms with Crippen LogP contribution in [0.25, 0.3) is 0 Å². The summed E-state index contributed by atoms with van der Waals surface area (Å²) in [4.78, 5) is 14.3. The van der Waals surface area contributed by atoms with Crippen LogP contribution < -0.4 is 0 Å². The number of carbonyl (C=O) groups excluding carboxylic acids is 1. The molecule has 30 heavy (non-hydrogen) atoms. The minimum absolute atomic E-state index is 0. The molecular formula is C26H46NiOP2. The summed E-state index contributed by atoms with van der Waals surface area (Å²) in [5.41, 5.74) is 2.85. The summed E-state index contributed by atoms with van der Waals surface area (Å²) in [6.07, 6.45) is 0. The number of ketones is 1. The number of Topliss-reactive ketones (excluding diaryl/α,β-unsaturated/α-hetero) is 1. The van der Waals surface area contributed by atoms with Crippen molar-refractivity contribution in [1.29, 1.82) is 0 Å². The summed E-state index contributed by atoms with van der Waals surface area (Å²) in [6.45, 7) is 28.2. The van der Waals surface area contributed by atoms with E-state index in [1.807, 2.05) is 0 Å². The fourth-order valence-corrected chi connectivity index (χ4v) is 15.4. The van der Waals surface area contributed by atoms with Crippen LogP contribution in [0, 0.1) is 7.43 Å². The van der Waals surface area contributed by atoms with Crippen molar-refractivity contribution < 1.29 is 21.3 Å². The molecule has 1 aromatic carbocycles. The zero-order valence-electron chi connectivity index (χ0n) is 21.6. The van der Waals surface area contributed by atoms with Gasteiger partial charge in [0.15, 0.2) is 11.4 Å². The molecule has 0 amide bonds. The van der Waals surface area contributed by atoms with Crippen molar-refractivity contribution >= 4 is 21.6 Å². The minimum Gasteiger partial charge on any atom is -0.358 e. The third-order valence-electron chi connectivity index (χ3n) is 5.76. The maximum Gasteiger partial charge on any atom is 0.189 e. The largest absolute Gasteiger partial charge is 0.358 e. The molecule has 0 bridgehead atoms. The molecule has 2 unspecified atom stereocenters. The molecule has 0 aromatic heterocycles. The Morgan fingerprint density at radius 1 is 0.733 bits per heavy atom. The van der Waals surface area contributed by atoms with E-state index in [1.54, 1.807) is 0 Å². The quantitative estimate of drug-likeness (QED) is 0.228. The molecule has 1 aromatic rings. The molecule has 1 aliphatic rings. The van der Waals surface area contributed by atoms with Crippen LogP contribution in [-0.4, -0.2) is 26.4 Å². The Hall–Kier alpha value is 0.244. The van der Waals surface area contributed by atoms with Gasteiger partial charge in [-0.2, -0.15) is 0 Å². The van der Waals surface area contributed by atoms with Crippen LogP contribution in [0.3, 0.4) is 0 Å². The maximum absolute atomic E-state index is 14.3. The first-order chi connectivity index (χ1) is 12.4. The second-order valence-corrected chi connectivity index (χ2v) is 20.8. The smallest absolute Gasteiger partial charge is 0.189 e. The first-order valence-corrected chi connectivity index (χ1v) is 13.7. The van der Waals surface area contributed by atoms with Gasteiger partial charge in [0.05, 0.1) is 16.0 Å². The number of rotatable bonds is 2. The summed E-state index contributed by atoms with van der Waals surface area (Å²) >= 11 is 0. The standard InChI is InChI=1S/C25H42OP2.CH3.Ni/c1-22(2,3)27(23(4,5)6)20-17-15-13-14-16-18(17)21(19(20)26)28(24(7,8)9)25(10,11)12;;/h13-16,20-21H,1-12H3;1H3;/q;-1;/p+1. The molecule has 1 nitrogen and oxygen atoms in total. The average Bonchev–Trinajstić information content (AvgIpc) is 2.68. The molecule has 0 saturated carbocycles. The second-order valence-electron chi connectivity index (χ2n) is 12.5. The van der Waals surface area contributed by atoms with Crippen LogP contribution in [0.15, 0.2) is 24.3 Å². The van der Waals surface area contributed by atoms with Crippen molar-refractivity contribution in [3.63, 3.8) is 0 Å². The Balaban J connectivity index is 0.00000420. The van der Waals surface area contributed by atoms with E-state index in [9.17, 15) is 4.79 Å². The van der Waals surface area contributed by atoms with E-state index in [0.717, 1.165) is 0 Å². The van der Waals surface area contributed by atoms with Crippen LogP contribution in [0.5, 0.6) is 0 Å². The molecule has 0 fully saturated rings. The van der Waals surface area contributed by atoms with E-state index in [2.05, 4.69) is 107 Å². The van der Waals surface area contributed by atoms with Gasteiger partial charge in [-0.05, 0) is 57.4 Å². The Bertz CT molecular complexity index is 640. The van der Waals surface area contributed by atoms with Gasteiger partial charge in [0.1, 0.15) is 0 Å². The Morgan fingerprint density at radius 2 is 1.10 bits per heavy atom. The van der Waals surface area contributed by atoms with Crippen molar-refractivity contribution in [2.45, 2.75) is 115 Å². The van der Waals surface area contributed by atoms with E-state index >= 15 is 0 Å². The second kappa shape index (κ2) is 9.62. The van der Waals surface area contributed by atoms with Gasteiger partial charge in [-0.15, -0.1) is 0 Å². The fourth-order valence-electron chi connectivity index (χ4n) is 5.82. The molecular weight excluding hydrogens is 449 g/mol. The zero-order chi connectivity index (χ0) is 21.9. The van der Waals surface area contributed by atoms with Gasteiger partial charge in [-0.3, -0.25) is 4.79 Å². The summed E-state index contributed by atoms with van der Waals surface area (Å²) in [7, 11) is -1.53. The van der Waals surface area contributed by atoms with E-state index in [4.69, 9.17) is 0 Å². The first kappa shape index (κ1) is 30.2. The number of carbonyl (C=O) groups is 1. The predicted molar refractivity (Wildman–Crippen MR) is 138 cm³/mol. The van der Waals surface area contributed by atoms with E-state index in [-0.39, 0.29) is 55.9 Å². The van der Waals surface area contributed by atoms with Gasteiger partial charge in [0.25, 0.3) is 0 Å². The monoisotopic (exact) mass is 494 g/mol. The van der Waals surface area contributed by atoms with Gasteiger partial charge in [0.2, 0.25) is 0 Å². The van der Waals surface area contributed by atoms with Gasteiger partial charge in [-0.25, -0.2) is 0 Å². The van der Waals surface area contributed by atoms with Crippen LogP contribution in [0.1, 0.15) is 106 Å². The molecule has 2 rings (SSSR count). The summed E-state index contributed by atoms with van der Waals surface area (Å²) in [6, 6.07) is 8.80. The summed E-state index contributed by atoms with van der Waals surface area (Å²) in [5, 5.41) is 0.591. The van der Waals surface area contributed by atoms with Crippen molar-refractivity contribution in [3.05, 3.63) is 42.8 Å². The van der Waals surface area contributed by atoms with E-state index in [0.29, 0.717) is 5.78 Å². The number of hydrogen-bond donors (Lipinski definition) is 0. The van der Waals surface area contributed by atoms with Gasteiger partial charge < -0.3 is 7.43 Å². The zero-order valence-corrected chi connectivity index (χ0v) is 24.5. The van der Waals surface area contributed by atoms with Crippen molar-refractivity contribution in [3.8, 4) is 0 Å². The Kier molecular flexibility index (Phi) is 9.70. The molecule has 0 heterocycles. The molecule has 0 N–H and O–H groups in total. The maximum atomic E-state index is 14.3. The molecule has 0 saturated heterocycles. The molecule has 0 spiro atoms. The Labute approximate surface area is 200 Å². The van der Waals surface area contributed by atoms with Crippen LogP contribution >= 0.6 is 15.8 Å². The van der Waals surface area contributed by atoms with E-state index < -0.39 is 15.8 Å². The normalized spacial score (nSPS) is 20.1. The number of hydrogen-bond acceptors (Lipinski definition) is 1. The number of fused-ring (bicyclic) bond motifs is 1. The van der Waals surface area contributed by atoms with Gasteiger partial charge in [-0.1, -0.05) is 73.7 Å². The Morgan fingerprint density at radius 3 is 1.43 bits per heavy atom. The molecule has 0 radical (unpaired) electrons. The molecule has 0 aliphatic heterocycles. The van der Waals surface area contributed by atoms with E-state index in [1.165, 1.54) is 11.1 Å². The van der Waals surface area contributed by atoms with Crippen LogP contribution in [0.2, 0.25) is 0 Å². The average molecular weight is 495 g/mol. The minimum atomic E-state index is -1.01. The third-order valence-corrected chi connectivity index (χ3v) is 14.1. The van der Waals surface area contributed by atoms with Crippen molar-refractivity contribution in [2.24, 2.45) is 0 Å². The molecule has 1 aliphatic carbocycles. The molecule has 2 atom stereocenters. The summed E-state index contributed by atoms with van der Waals surface area (Å²) < 4.78 is 0. The third kappa shape index (κ3) is 5.97. The summed E-state index contributed by atoms with van der Waals surface area (Å²) in [5.74, 6) is 0.524. The first-order valence-electron chi connectivity index (χ1n) is 10.7. The SMILES string of the molecule is CC(C)(C)P(C1C(=O)C([PH+](C(C)(C)C)C(C)(C)C)c2ccccc21)C(C)(C)C.[CH3-].[Ni]. The predicted octanol–water partition coefficient (Wildman–Crippen LogP) is 8.69.